The monoisotopic (exact) mass is 252 g/mol. The van der Waals surface area contributed by atoms with E-state index in [0.717, 1.165) is 5.56 Å². The number of halogens is 1. The van der Waals surface area contributed by atoms with Gasteiger partial charge in [-0.3, -0.25) is 9.59 Å². The number of nitrogens with one attached hydrogen (secondary N) is 1. The quantitative estimate of drug-likeness (QED) is 0.802. The van der Waals surface area contributed by atoms with Crippen molar-refractivity contribution in [3.63, 3.8) is 0 Å². The average Bonchev–Trinajstić information content (AvgIpc) is 2.35. The summed E-state index contributed by atoms with van der Waals surface area (Å²) in [6.07, 6.45) is 0.690. The Hall–Kier alpha value is -1.91. The smallest absolute Gasteiger partial charge is 0.220 e. The Labute approximate surface area is 105 Å². The minimum Gasteiger partial charge on any atom is -0.369 e. The van der Waals surface area contributed by atoms with E-state index in [-0.39, 0.29) is 24.1 Å². The summed E-state index contributed by atoms with van der Waals surface area (Å²) in [5.74, 6) is -1.16. The number of carbonyl (C=O) groups is 2. The summed E-state index contributed by atoms with van der Waals surface area (Å²) in [6, 6.07) is 5.91. The summed E-state index contributed by atoms with van der Waals surface area (Å²) in [5, 5.41) is 2.70. The number of nitrogens with two attached hydrogens (primary N) is 1. The van der Waals surface area contributed by atoms with Gasteiger partial charge in [0.15, 0.2) is 0 Å². The topological polar surface area (TPSA) is 72.2 Å². The van der Waals surface area contributed by atoms with Crippen LogP contribution in [0.25, 0.3) is 0 Å². The van der Waals surface area contributed by atoms with Gasteiger partial charge in [0.1, 0.15) is 5.82 Å². The van der Waals surface area contributed by atoms with E-state index >= 15 is 0 Å². The fourth-order valence-corrected chi connectivity index (χ4v) is 1.38. The highest BCUT2D eigenvalue weighted by molar-refractivity contribution is 5.79. The van der Waals surface area contributed by atoms with Crippen LogP contribution in [0.4, 0.5) is 4.39 Å². The van der Waals surface area contributed by atoms with Crippen molar-refractivity contribution in [2.24, 2.45) is 11.7 Å². The van der Waals surface area contributed by atoms with Gasteiger partial charge < -0.3 is 11.1 Å². The second-order valence-electron chi connectivity index (χ2n) is 4.25. The maximum Gasteiger partial charge on any atom is 0.220 e. The molecule has 0 unspecified atom stereocenters. The van der Waals surface area contributed by atoms with Gasteiger partial charge in [0.2, 0.25) is 11.8 Å². The molecule has 0 saturated heterocycles. The van der Waals surface area contributed by atoms with Crippen molar-refractivity contribution in [2.45, 2.75) is 26.3 Å². The van der Waals surface area contributed by atoms with Crippen molar-refractivity contribution in [1.82, 2.24) is 5.32 Å². The fourth-order valence-electron chi connectivity index (χ4n) is 1.38. The second kappa shape index (κ2) is 6.74. The minimum absolute atomic E-state index is 0.146. The molecule has 0 aliphatic carbocycles. The van der Waals surface area contributed by atoms with E-state index in [0.29, 0.717) is 13.0 Å². The largest absolute Gasteiger partial charge is 0.369 e. The Morgan fingerprint density at radius 2 is 1.94 bits per heavy atom. The molecule has 0 aromatic heterocycles. The Kier molecular flexibility index (Phi) is 5.30. The molecular weight excluding hydrogens is 235 g/mol. The zero-order valence-corrected chi connectivity index (χ0v) is 10.3. The van der Waals surface area contributed by atoms with Crippen LogP contribution in [0.15, 0.2) is 24.3 Å². The number of amides is 2. The van der Waals surface area contributed by atoms with Crippen LogP contribution in [0.2, 0.25) is 0 Å². The minimum atomic E-state index is -0.402. The van der Waals surface area contributed by atoms with Gasteiger partial charge in [0, 0.05) is 18.9 Å². The molecule has 5 heteroatoms. The highest BCUT2D eigenvalue weighted by Crippen LogP contribution is 2.05. The van der Waals surface area contributed by atoms with Crippen LogP contribution in [0.5, 0.6) is 0 Å². The molecule has 1 atom stereocenters. The van der Waals surface area contributed by atoms with E-state index in [2.05, 4.69) is 5.32 Å². The first-order valence-corrected chi connectivity index (χ1v) is 5.79. The lowest BCUT2D eigenvalue weighted by atomic mass is 10.1. The molecule has 0 spiro atoms. The third-order valence-corrected chi connectivity index (χ3v) is 2.69. The Bertz CT molecular complexity index is 418. The maximum atomic E-state index is 12.6. The van der Waals surface area contributed by atoms with E-state index in [1.807, 2.05) is 0 Å². The summed E-state index contributed by atoms with van der Waals surface area (Å²) < 4.78 is 12.6. The summed E-state index contributed by atoms with van der Waals surface area (Å²) in [6.45, 7) is 2.04. The van der Waals surface area contributed by atoms with Crippen molar-refractivity contribution >= 4 is 11.8 Å². The molecule has 1 aromatic carbocycles. The maximum absolute atomic E-state index is 12.6. The molecule has 0 saturated carbocycles. The van der Waals surface area contributed by atoms with Crippen LogP contribution in [-0.4, -0.2) is 11.8 Å². The average molecular weight is 252 g/mol. The summed E-state index contributed by atoms with van der Waals surface area (Å²) >= 11 is 0. The zero-order chi connectivity index (χ0) is 13.5. The van der Waals surface area contributed by atoms with Gasteiger partial charge >= 0.3 is 0 Å². The van der Waals surface area contributed by atoms with Gasteiger partial charge in [-0.05, 0) is 24.1 Å². The van der Waals surface area contributed by atoms with Crippen molar-refractivity contribution in [1.29, 1.82) is 0 Å². The van der Waals surface area contributed by atoms with Crippen molar-refractivity contribution in [3.8, 4) is 0 Å². The van der Waals surface area contributed by atoms with Crippen molar-refractivity contribution in [3.05, 3.63) is 35.6 Å². The first-order chi connectivity index (χ1) is 8.49. The lowest BCUT2D eigenvalue weighted by Crippen LogP contribution is -2.26. The highest BCUT2D eigenvalue weighted by Gasteiger charge is 2.10. The van der Waals surface area contributed by atoms with E-state index in [1.165, 1.54) is 12.1 Å². The van der Waals surface area contributed by atoms with Gasteiger partial charge in [-0.1, -0.05) is 19.1 Å². The molecule has 3 N–H and O–H groups in total. The van der Waals surface area contributed by atoms with Crippen LogP contribution in [0.3, 0.4) is 0 Å². The van der Waals surface area contributed by atoms with Gasteiger partial charge in [-0.25, -0.2) is 4.39 Å². The molecule has 0 radical (unpaired) electrons. The molecule has 4 nitrogen and oxygen atoms in total. The molecular formula is C13H17FN2O2. The van der Waals surface area contributed by atoms with E-state index in [4.69, 9.17) is 5.73 Å². The number of hydrogen-bond acceptors (Lipinski definition) is 2. The third-order valence-electron chi connectivity index (χ3n) is 2.69. The van der Waals surface area contributed by atoms with Crippen LogP contribution in [0.1, 0.15) is 25.3 Å². The molecule has 0 fully saturated rings. The standard InChI is InChI=1S/C13H17FN2O2/c1-9(13(15)18)2-7-12(17)16-8-10-3-5-11(14)6-4-10/h3-6,9H,2,7-8H2,1H3,(H2,15,18)(H,16,17)/t9-/m0/s1. The molecule has 1 rings (SSSR count). The molecule has 0 bridgehead atoms. The molecule has 1 aromatic rings. The molecule has 0 aliphatic rings. The summed E-state index contributed by atoms with van der Waals surface area (Å²) in [7, 11) is 0. The summed E-state index contributed by atoms with van der Waals surface area (Å²) in [5.41, 5.74) is 5.92. The molecule has 98 valence electrons. The van der Waals surface area contributed by atoms with Gasteiger partial charge in [0.05, 0.1) is 0 Å². The first kappa shape index (κ1) is 14.2. The third kappa shape index (κ3) is 4.95. The number of rotatable bonds is 6. The molecule has 18 heavy (non-hydrogen) atoms. The van der Waals surface area contributed by atoms with Crippen LogP contribution in [0, 0.1) is 11.7 Å². The number of carbonyl (C=O) groups excluding carboxylic acids is 2. The predicted octanol–water partition coefficient (Wildman–Crippen LogP) is 1.34. The van der Waals surface area contributed by atoms with E-state index in [9.17, 15) is 14.0 Å². The second-order valence-corrected chi connectivity index (χ2v) is 4.25. The van der Waals surface area contributed by atoms with E-state index in [1.54, 1.807) is 19.1 Å². The predicted molar refractivity (Wildman–Crippen MR) is 65.8 cm³/mol. The zero-order valence-electron chi connectivity index (χ0n) is 10.3. The first-order valence-electron chi connectivity index (χ1n) is 5.79. The van der Waals surface area contributed by atoms with Crippen LogP contribution >= 0.6 is 0 Å². The number of primary amides is 1. The molecule has 0 heterocycles. The van der Waals surface area contributed by atoms with Gasteiger partial charge in [0.25, 0.3) is 0 Å². The van der Waals surface area contributed by atoms with Gasteiger partial charge in [-0.2, -0.15) is 0 Å². The Balaban J connectivity index is 2.29. The van der Waals surface area contributed by atoms with Crippen molar-refractivity contribution in [2.75, 3.05) is 0 Å². The van der Waals surface area contributed by atoms with E-state index < -0.39 is 5.91 Å². The molecule has 0 aliphatic heterocycles. The number of hydrogen-bond donors (Lipinski definition) is 2. The highest BCUT2D eigenvalue weighted by atomic mass is 19.1. The van der Waals surface area contributed by atoms with Crippen LogP contribution in [-0.2, 0) is 16.1 Å². The van der Waals surface area contributed by atoms with Crippen LogP contribution < -0.4 is 11.1 Å². The Morgan fingerprint density at radius 1 is 1.33 bits per heavy atom. The summed E-state index contributed by atoms with van der Waals surface area (Å²) in [4.78, 5) is 22.3. The van der Waals surface area contributed by atoms with Gasteiger partial charge in [-0.15, -0.1) is 0 Å². The normalized spacial score (nSPS) is 11.9. The Morgan fingerprint density at radius 3 is 2.50 bits per heavy atom. The number of benzene rings is 1. The SMILES string of the molecule is C[C@@H](CCC(=O)NCc1ccc(F)cc1)C(N)=O. The van der Waals surface area contributed by atoms with Crippen molar-refractivity contribution < 1.29 is 14.0 Å². The lowest BCUT2D eigenvalue weighted by Gasteiger charge is -2.08. The lowest BCUT2D eigenvalue weighted by molar-refractivity contribution is -0.123. The molecule has 2 amide bonds. The fraction of sp³-hybridized carbons (Fsp3) is 0.385.